The van der Waals surface area contributed by atoms with Crippen LogP contribution in [-0.4, -0.2) is 77.8 Å². The highest BCUT2D eigenvalue weighted by Crippen LogP contribution is 2.40. The molecule has 0 radical (unpaired) electrons. The van der Waals surface area contributed by atoms with Crippen LogP contribution in [0.3, 0.4) is 0 Å². The summed E-state index contributed by atoms with van der Waals surface area (Å²) in [5, 5.41) is 24.6. The van der Waals surface area contributed by atoms with Crippen LogP contribution < -0.4 is 15.6 Å². The van der Waals surface area contributed by atoms with Crippen LogP contribution in [0.4, 0.5) is 5.13 Å². The number of carbonyl (C=O) groups excluding carboxylic acids is 2. The number of carbonyl (C=O) groups is 4. The molecule has 1 unspecified atom stereocenters. The molecule has 14 nitrogen and oxygen atoms in total. The highest BCUT2D eigenvalue weighted by atomic mass is 35.5. The Morgan fingerprint density at radius 3 is 2.80 bits per heavy atom. The number of carboxylic acid groups (broad SMARTS) is 2. The molecule has 0 spiro atoms. The third-order valence-electron chi connectivity index (χ3n) is 6.23. The van der Waals surface area contributed by atoms with Crippen LogP contribution in [0.15, 0.2) is 53.1 Å². The van der Waals surface area contributed by atoms with Crippen molar-refractivity contribution < 1.29 is 38.8 Å². The van der Waals surface area contributed by atoms with Crippen molar-refractivity contribution >= 4 is 80.3 Å². The highest BCUT2D eigenvalue weighted by molar-refractivity contribution is 8.00. The molecule has 0 saturated carbocycles. The molecule has 3 aromatic heterocycles. The average molecular weight is 619 g/mol. The van der Waals surface area contributed by atoms with Gasteiger partial charge in [0.25, 0.3) is 11.8 Å². The van der Waals surface area contributed by atoms with Crippen molar-refractivity contribution in [3.63, 3.8) is 0 Å². The van der Waals surface area contributed by atoms with Gasteiger partial charge in [-0.25, -0.2) is 19.6 Å². The molecule has 2 amide bonds. The molecule has 0 aliphatic carbocycles. The van der Waals surface area contributed by atoms with Crippen molar-refractivity contribution in [2.45, 2.75) is 31.0 Å². The lowest BCUT2D eigenvalue weighted by Gasteiger charge is -2.49. The second-order valence-corrected chi connectivity index (χ2v) is 11.6. The number of aromatic nitrogens is 3. The number of β-lactam (4-membered cyclic amide) rings is 1. The van der Waals surface area contributed by atoms with Crippen LogP contribution in [0, 0.1) is 0 Å². The van der Waals surface area contributed by atoms with Crippen LogP contribution in [-0.2, 0) is 30.6 Å². The maximum Gasteiger partial charge on any atom is 0.352 e. The number of amides is 2. The number of hydrogen-bond acceptors (Lipinski definition) is 11. The van der Waals surface area contributed by atoms with Gasteiger partial charge in [0.05, 0.1) is 0 Å². The normalized spacial score (nSPS) is 19.4. The van der Waals surface area contributed by atoms with Crippen LogP contribution in [0.1, 0.15) is 12.6 Å². The molecular formula is C24H21ClN7O7S2+. The van der Waals surface area contributed by atoms with Crippen LogP contribution >= 0.6 is 34.7 Å². The number of nitrogens with zero attached hydrogens (tertiary/aromatic N) is 5. The van der Waals surface area contributed by atoms with E-state index in [4.69, 9.17) is 27.3 Å². The molecule has 0 aromatic carbocycles. The van der Waals surface area contributed by atoms with E-state index in [1.54, 1.807) is 24.5 Å². The van der Waals surface area contributed by atoms with Crippen LogP contribution in [0.5, 0.6) is 0 Å². The molecule has 3 atom stereocenters. The third-order valence-corrected chi connectivity index (χ3v) is 8.66. The Labute approximate surface area is 244 Å². The molecule has 2 aliphatic rings. The molecule has 0 bridgehead atoms. The summed E-state index contributed by atoms with van der Waals surface area (Å²) < 4.78 is 1.85. The van der Waals surface area contributed by atoms with Gasteiger partial charge in [-0.3, -0.25) is 14.5 Å². The van der Waals surface area contributed by atoms with E-state index in [0.29, 0.717) is 5.57 Å². The maximum absolute atomic E-state index is 13.2. The number of nitrogens with one attached hydrogen (secondary N) is 1. The van der Waals surface area contributed by atoms with E-state index < -0.39 is 47.0 Å². The van der Waals surface area contributed by atoms with Gasteiger partial charge in [-0.2, -0.15) is 4.57 Å². The standard InChI is InChI=1S/C24H20ClN7O7S2/c1-10(22(35)36)39-30-15(14-18(25)41-24(26)29-14)19(33)28-16-20(34)32-17(23(37)38)11(9-40-21(16)32)8-31-7-3-4-12-13(31)5-2-6-27-12/h2-7,10,16,21H,8-9H2,1H3,(H4-,26,28,29,33,35,36,37,38)/p+1/b30-15-/t10-,16+,21?/m0/s1. The fourth-order valence-corrected chi connectivity index (χ4v) is 6.55. The number of carboxylic acids is 2. The van der Waals surface area contributed by atoms with Crippen molar-refractivity contribution in [1.29, 1.82) is 0 Å². The molecular weight excluding hydrogens is 598 g/mol. The predicted molar refractivity (Wildman–Crippen MR) is 148 cm³/mol. The van der Waals surface area contributed by atoms with E-state index in [1.165, 1.54) is 18.7 Å². The average Bonchev–Trinajstić information content (AvgIpc) is 3.28. The Morgan fingerprint density at radius 1 is 1.34 bits per heavy atom. The zero-order valence-electron chi connectivity index (χ0n) is 21.1. The Bertz CT molecular complexity index is 1650. The van der Waals surface area contributed by atoms with E-state index >= 15 is 0 Å². The van der Waals surface area contributed by atoms with Crippen LogP contribution in [0.2, 0.25) is 4.34 Å². The minimum atomic E-state index is -1.40. The third kappa shape index (κ3) is 5.40. The number of thiazole rings is 1. The number of fused-ring (bicyclic) bond motifs is 2. The van der Waals surface area contributed by atoms with Gasteiger partial charge in [-0.15, -0.1) is 11.8 Å². The van der Waals surface area contributed by atoms with Gasteiger partial charge in [0.1, 0.15) is 32.7 Å². The number of rotatable bonds is 9. The molecule has 5 N–H and O–H groups in total. The summed E-state index contributed by atoms with van der Waals surface area (Å²) >= 11 is 8.30. The number of nitrogen functional groups attached to an aromatic ring is 1. The summed E-state index contributed by atoms with van der Waals surface area (Å²) in [6, 6.07) is 6.19. The number of aliphatic carboxylic acids is 2. The highest BCUT2D eigenvalue weighted by Gasteiger charge is 2.55. The quantitative estimate of drug-likeness (QED) is 0.115. The fraction of sp³-hybridized carbons (Fsp3) is 0.250. The zero-order chi connectivity index (χ0) is 29.4. The van der Waals surface area contributed by atoms with Gasteiger partial charge < -0.3 is 26.1 Å². The minimum Gasteiger partial charge on any atom is -0.478 e. The molecule has 2 aliphatic heterocycles. The monoisotopic (exact) mass is 618 g/mol. The second-order valence-electron chi connectivity index (χ2n) is 8.86. The predicted octanol–water partition coefficient (Wildman–Crippen LogP) is 0.847. The Hall–Kier alpha value is -4.28. The Kier molecular flexibility index (Phi) is 7.79. The molecule has 212 valence electrons. The number of halogens is 1. The molecule has 5 heterocycles. The summed E-state index contributed by atoms with van der Waals surface area (Å²) in [4.78, 5) is 64.3. The number of nitrogens with two attached hydrogens (primary N) is 1. The minimum absolute atomic E-state index is 0.00143. The zero-order valence-corrected chi connectivity index (χ0v) is 23.4. The van der Waals surface area contributed by atoms with Gasteiger partial charge in [0.2, 0.25) is 11.6 Å². The number of anilines is 1. The first kappa shape index (κ1) is 28.3. The van der Waals surface area contributed by atoms with Crippen molar-refractivity contribution in [1.82, 2.24) is 20.2 Å². The lowest BCUT2D eigenvalue weighted by molar-refractivity contribution is -0.663. The van der Waals surface area contributed by atoms with E-state index in [2.05, 4.69) is 20.4 Å². The molecule has 1 saturated heterocycles. The van der Waals surface area contributed by atoms with Crippen molar-refractivity contribution in [2.75, 3.05) is 11.5 Å². The molecule has 41 heavy (non-hydrogen) atoms. The number of hydrogen-bond donors (Lipinski definition) is 4. The van der Waals surface area contributed by atoms with Crippen molar-refractivity contribution in [3.8, 4) is 0 Å². The van der Waals surface area contributed by atoms with E-state index in [-0.39, 0.29) is 33.2 Å². The first-order chi connectivity index (χ1) is 19.6. The second kappa shape index (κ2) is 11.3. The number of pyridine rings is 2. The van der Waals surface area contributed by atoms with Crippen molar-refractivity contribution in [3.05, 3.63) is 58.0 Å². The summed E-state index contributed by atoms with van der Waals surface area (Å²) in [5.41, 5.74) is 6.94. The Balaban J connectivity index is 1.39. The van der Waals surface area contributed by atoms with Crippen LogP contribution in [0.25, 0.3) is 11.0 Å². The van der Waals surface area contributed by atoms with Gasteiger partial charge in [-0.05, 0) is 19.1 Å². The smallest absolute Gasteiger partial charge is 0.352 e. The van der Waals surface area contributed by atoms with Gasteiger partial charge in [0.15, 0.2) is 23.6 Å². The first-order valence-electron chi connectivity index (χ1n) is 11.9. The lowest BCUT2D eigenvalue weighted by atomic mass is 10.0. The van der Waals surface area contributed by atoms with E-state index in [0.717, 1.165) is 27.3 Å². The summed E-state index contributed by atoms with van der Waals surface area (Å²) in [6.45, 7) is 1.42. The molecule has 17 heteroatoms. The largest absolute Gasteiger partial charge is 0.478 e. The topological polar surface area (TPSA) is 201 Å². The van der Waals surface area contributed by atoms with Gasteiger partial charge >= 0.3 is 11.9 Å². The summed E-state index contributed by atoms with van der Waals surface area (Å²) in [5.74, 6) is -3.90. The van der Waals surface area contributed by atoms with Gasteiger partial charge in [0, 0.05) is 29.7 Å². The lowest BCUT2D eigenvalue weighted by Crippen LogP contribution is -2.71. The van der Waals surface area contributed by atoms with Gasteiger partial charge in [-0.1, -0.05) is 28.1 Å². The van der Waals surface area contributed by atoms with E-state index in [1.807, 2.05) is 16.7 Å². The fourth-order valence-electron chi connectivity index (χ4n) is 4.29. The number of thioether (sulfide) groups is 1. The van der Waals surface area contributed by atoms with E-state index in [9.17, 15) is 24.3 Å². The number of oxime groups is 1. The SMILES string of the molecule is C[C@H](O/N=C(\C(=O)N[C@@H]1C(=O)N2C(C(=O)O)=C(C[n+]3cccc4ncccc43)CSC12)c1nc(N)sc1Cl)C(=O)O. The maximum atomic E-state index is 13.2. The summed E-state index contributed by atoms with van der Waals surface area (Å²) in [7, 11) is 0. The Morgan fingerprint density at radius 2 is 2.12 bits per heavy atom. The van der Waals surface area contributed by atoms with Crippen molar-refractivity contribution in [2.24, 2.45) is 5.16 Å². The first-order valence-corrected chi connectivity index (χ1v) is 14.1. The molecule has 1 fully saturated rings. The molecule has 5 rings (SSSR count). The molecule has 3 aromatic rings. The summed E-state index contributed by atoms with van der Waals surface area (Å²) in [6.07, 6.45) is 2.06.